The number of hydrogen-bond acceptors (Lipinski definition) is 4. The number of nitrogens with zero attached hydrogens (tertiary/aromatic N) is 2. The first-order chi connectivity index (χ1) is 10.7. The highest BCUT2D eigenvalue weighted by atomic mass is 79.9. The Hall–Kier alpha value is -1.77. The topological polar surface area (TPSA) is 79.4 Å². The number of hydrogen-bond donors (Lipinski definition) is 1. The molecule has 1 heterocycles. The molecule has 0 saturated heterocycles. The van der Waals surface area contributed by atoms with Crippen LogP contribution in [0.4, 0.5) is 5.69 Å². The van der Waals surface area contributed by atoms with Crippen molar-refractivity contribution in [1.29, 1.82) is 0 Å². The second-order valence-corrected chi connectivity index (χ2v) is 8.02. The first-order valence-corrected chi connectivity index (χ1v) is 8.91. The van der Waals surface area contributed by atoms with E-state index in [0.29, 0.717) is 15.9 Å². The van der Waals surface area contributed by atoms with Gasteiger partial charge in [0.15, 0.2) is 0 Å². The van der Waals surface area contributed by atoms with Gasteiger partial charge in [0.2, 0.25) is 10.0 Å². The number of pyridine rings is 1. The molecule has 122 valence electrons. The molecule has 1 aromatic heterocycles. The molecule has 0 aliphatic heterocycles. The molecule has 0 bridgehead atoms. The number of amides is 1. The van der Waals surface area contributed by atoms with E-state index in [9.17, 15) is 13.2 Å². The van der Waals surface area contributed by atoms with Crippen LogP contribution >= 0.6 is 15.9 Å². The van der Waals surface area contributed by atoms with Gasteiger partial charge in [-0.1, -0.05) is 6.07 Å². The molecule has 23 heavy (non-hydrogen) atoms. The Morgan fingerprint density at radius 1 is 1.22 bits per heavy atom. The van der Waals surface area contributed by atoms with E-state index in [4.69, 9.17) is 0 Å². The Morgan fingerprint density at radius 3 is 2.48 bits per heavy atom. The van der Waals surface area contributed by atoms with E-state index < -0.39 is 15.9 Å². The van der Waals surface area contributed by atoms with E-state index in [2.05, 4.69) is 26.2 Å². The summed E-state index contributed by atoms with van der Waals surface area (Å²) in [6.07, 6.45) is 1.51. The van der Waals surface area contributed by atoms with Crippen LogP contribution in [0.25, 0.3) is 0 Å². The third-order valence-corrected chi connectivity index (χ3v) is 5.62. The standard InChI is InChI=1S/C15H16BrN3O3S/c1-10-4-5-11(8-13(10)23(21,22)19(2)3)15(20)18-12-6-7-14(16)17-9-12/h4-9H,1-3H3,(H,18,20). The van der Waals surface area contributed by atoms with Crippen molar-refractivity contribution < 1.29 is 13.2 Å². The minimum absolute atomic E-state index is 0.115. The maximum atomic E-state index is 12.3. The molecule has 1 N–H and O–H groups in total. The second-order valence-electron chi connectivity index (χ2n) is 5.09. The molecule has 2 aromatic rings. The zero-order valence-corrected chi connectivity index (χ0v) is 15.3. The maximum Gasteiger partial charge on any atom is 0.255 e. The van der Waals surface area contributed by atoms with Crippen molar-refractivity contribution in [3.05, 3.63) is 52.3 Å². The minimum atomic E-state index is -3.61. The fourth-order valence-electron chi connectivity index (χ4n) is 1.87. The maximum absolute atomic E-state index is 12.3. The predicted molar refractivity (Wildman–Crippen MR) is 91.9 cm³/mol. The van der Waals surface area contributed by atoms with E-state index in [1.165, 1.54) is 26.4 Å². The Morgan fingerprint density at radius 2 is 1.91 bits per heavy atom. The third-order valence-electron chi connectivity index (χ3n) is 3.19. The van der Waals surface area contributed by atoms with Crippen LogP contribution in [0, 0.1) is 6.92 Å². The molecule has 0 aliphatic rings. The lowest BCUT2D eigenvalue weighted by Gasteiger charge is -2.14. The number of rotatable bonds is 4. The van der Waals surface area contributed by atoms with Gasteiger partial charge in [-0.25, -0.2) is 17.7 Å². The highest BCUT2D eigenvalue weighted by Crippen LogP contribution is 2.20. The molecule has 0 aliphatic carbocycles. The Kier molecular flexibility index (Phi) is 5.18. The number of aryl methyl sites for hydroxylation is 1. The highest BCUT2D eigenvalue weighted by molar-refractivity contribution is 9.10. The Bertz CT molecular complexity index is 834. The summed E-state index contributed by atoms with van der Waals surface area (Å²) in [5.41, 5.74) is 1.37. The van der Waals surface area contributed by atoms with Crippen molar-refractivity contribution in [3.8, 4) is 0 Å². The first-order valence-electron chi connectivity index (χ1n) is 6.68. The van der Waals surface area contributed by atoms with Crippen LogP contribution in [0.3, 0.4) is 0 Å². The van der Waals surface area contributed by atoms with Gasteiger partial charge in [-0.2, -0.15) is 0 Å². The molecule has 0 spiro atoms. The van der Waals surface area contributed by atoms with Gasteiger partial charge in [-0.05, 0) is 52.7 Å². The SMILES string of the molecule is Cc1ccc(C(=O)Nc2ccc(Br)nc2)cc1S(=O)(=O)N(C)C. The summed E-state index contributed by atoms with van der Waals surface area (Å²) >= 11 is 3.21. The van der Waals surface area contributed by atoms with Gasteiger partial charge < -0.3 is 5.32 Å². The van der Waals surface area contributed by atoms with Crippen LogP contribution < -0.4 is 5.32 Å². The summed E-state index contributed by atoms with van der Waals surface area (Å²) in [5.74, 6) is -0.399. The van der Waals surface area contributed by atoms with Crippen LogP contribution in [0.2, 0.25) is 0 Å². The molecular formula is C15H16BrN3O3S. The summed E-state index contributed by atoms with van der Waals surface area (Å²) in [6.45, 7) is 1.69. The van der Waals surface area contributed by atoms with E-state index in [0.717, 1.165) is 4.31 Å². The number of carbonyl (C=O) groups excluding carboxylic acids is 1. The summed E-state index contributed by atoms with van der Waals surface area (Å²) in [4.78, 5) is 16.4. The number of anilines is 1. The summed E-state index contributed by atoms with van der Waals surface area (Å²) in [7, 11) is -0.700. The predicted octanol–water partition coefficient (Wildman–Crippen LogP) is 2.66. The van der Waals surface area contributed by atoms with Gasteiger partial charge in [-0.3, -0.25) is 4.79 Å². The third kappa shape index (κ3) is 3.95. The molecule has 0 unspecified atom stereocenters. The molecule has 1 amide bonds. The molecule has 2 rings (SSSR count). The monoisotopic (exact) mass is 397 g/mol. The van der Waals surface area contributed by atoms with Gasteiger partial charge in [0.25, 0.3) is 5.91 Å². The van der Waals surface area contributed by atoms with Crippen molar-refractivity contribution in [1.82, 2.24) is 9.29 Å². The number of carbonyl (C=O) groups is 1. The van der Waals surface area contributed by atoms with Crippen molar-refractivity contribution in [2.75, 3.05) is 19.4 Å². The zero-order valence-electron chi connectivity index (χ0n) is 12.9. The van der Waals surface area contributed by atoms with E-state index >= 15 is 0 Å². The minimum Gasteiger partial charge on any atom is -0.321 e. The molecule has 1 aromatic carbocycles. The lowest BCUT2D eigenvalue weighted by atomic mass is 10.1. The number of benzene rings is 1. The average molecular weight is 398 g/mol. The molecule has 0 atom stereocenters. The fourth-order valence-corrected chi connectivity index (χ4v) is 3.25. The summed E-state index contributed by atoms with van der Waals surface area (Å²) < 4.78 is 26.4. The van der Waals surface area contributed by atoms with Crippen LogP contribution in [-0.2, 0) is 10.0 Å². The summed E-state index contributed by atoms with van der Waals surface area (Å²) in [6, 6.07) is 7.98. The Labute approximate surface area is 143 Å². The largest absolute Gasteiger partial charge is 0.321 e. The van der Waals surface area contributed by atoms with Crippen molar-refractivity contribution in [3.63, 3.8) is 0 Å². The van der Waals surface area contributed by atoms with Crippen LogP contribution in [0.15, 0.2) is 46.0 Å². The van der Waals surface area contributed by atoms with Crippen molar-refractivity contribution in [2.24, 2.45) is 0 Å². The number of halogens is 1. The number of aromatic nitrogens is 1. The van der Waals surface area contributed by atoms with Crippen LogP contribution in [0.1, 0.15) is 15.9 Å². The fraction of sp³-hybridized carbons (Fsp3) is 0.200. The van der Waals surface area contributed by atoms with E-state index in [1.807, 2.05) is 0 Å². The first kappa shape index (κ1) is 17.6. The van der Waals surface area contributed by atoms with Gasteiger partial charge in [-0.15, -0.1) is 0 Å². The quantitative estimate of drug-likeness (QED) is 0.804. The smallest absolute Gasteiger partial charge is 0.255 e. The molecule has 8 heteroatoms. The van der Waals surface area contributed by atoms with Crippen molar-refractivity contribution in [2.45, 2.75) is 11.8 Å². The van der Waals surface area contributed by atoms with Gasteiger partial charge in [0, 0.05) is 19.7 Å². The second kappa shape index (κ2) is 6.77. The van der Waals surface area contributed by atoms with Gasteiger partial charge >= 0.3 is 0 Å². The molecule has 0 radical (unpaired) electrons. The lowest BCUT2D eigenvalue weighted by molar-refractivity contribution is 0.102. The normalized spacial score (nSPS) is 11.5. The van der Waals surface area contributed by atoms with E-state index in [1.54, 1.807) is 31.2 Å². The molecule has 0 fully saturated rings. The lowest BCUT2D eigenvalue weighted by Crippen LogP contribution is -2.23. The average Bonchev–Trinajstić information content (AvgIpc) is 2.49. The molecular weight excluding hydrogens is 382 g/mol. The summed E-state index contributed by atoms with van der Waals surface area (Å²) in [5, 5.41) is 2.68. The number of sulfonamides is 1. The van der Waals surface area contributed by atoms with Crippen LogP contribution in [0.5, 0.6) is 0 Å². The van der Waals surface area contributed by atoms with Crippen LogP contribution in [-0.4, -0.2) is 37.7 Å². The van der Waals surface area contributed by atoms with Gasteiger partial charge in [0.05, 0.1) is 16.8 Å². The molecule has 6 nitrogen and oxygen atoms in total. The highest BCUT2D eigenvalue weighted by Gasteiger charge is 2.21. The Balaban J connectivity index is 2.33. The van der Waals surface area contributed by atoms with E-state index in [-0.39, 0.29) is 10.5 Å². The van der Waals surface area contributed by atoms with Gasteiger partial charge in [0.1, 0.15) is 4.60 Å². The molecule has 0 saturated carbocycles. The number of nitrogens with one attached hydrogen (secondary N) is 1. The van der Waals surface area contributed by atoms with Crippen molar-refractivity contribution >= 4 is 37.5 Å². The zero-order chi connectivity index (χ0) is 17.2.